The van der Waals surface area contributed by atoms with Crippen molar-refractivity contribution < 1.29 is 29.0 Å². The minimum atomic E-state index is -1.64. The number of likely N-dealkylation sites (N-methyl/N-ethyl adjacent to an activating group) is 1. The number of carbonyl (C=O) groups excluding carboxylic acids is 2. The van der Waals surface area contributed by atoms with Gasteiger partial charge in [-0.3, -0.25) is 9.59 Å². The summed E-state index contributed by atoms with van der Waals surface area (Å²) in [6.07, 6.45) is 0.585. The monoisotopic (exact) mass is 386 g/mol. The number of aliphatic hydroxyl groups excluding tert-OH is 1. The third kappa shape index (κ3) is 4.73. The molecule has 2 aromatic rings. The van der Waals surface area contributed by atoms with Gasteiger partial charge in [-0.1, -0.05) is 24.3 Å². The number of hydrogen-bond acceptors (Lipinski definition) is 4. The lowest BCUT2D eigenvalue weighted by Crippen LogP contribution is -2.31. The van der Waals surface area contributed by atoms with E-state index in [4.69, 9.17) is 5.11 Å². The first kappa shape index (κ1) is 20.6. The van der Waals surface area contributed by atoms with E-state index in [9.17, 15) is 23.9 Å². The van der Waals surface area contributed by atoms with Crippen LogP contribution >= 0.6 is 0 Å². The van der Waals surface area contributed by atoms with E-state index in [0.29, 0.717) is 22.8 Å². The largest absolute Gasteiger partial charge is 0.502 e. The molecule has 0 aromatic heterocycles. The fourth-order valence-corrected chi connectivity index (χ4v) is 2.69. The molecule has 0 aliphatic carbocycles. The average molecular weight is 386 g/mol. The fourth-order valence-electron chi connectivity index (χ4n) is 2.69. The number of nitrogens with zero attached hydrogens (tertiary/aromatic N) is 1. The Morgan fingerprint density at radius 3 is 2.29 bits per heavy atom. The molecule has 0 saturated heterocycles. The van der Waals surface area contributed by atoms with Gasteiger partial charge in [0.25, 0.3) is 11.8 Å². The molecule has 2 rings (SSSR count). The Labute approximate surface area is 160 Å². The Balaban J connectivity index is 2.53. The second kappa shape index (κ2) is 8.81. The predicted octanol–water partition coefficient (Wildman–Crippen LogP) is 2.26. The molecule has 0 bridgehead atoms. The molecule has 7 nitrogen and oxygen atoms in total. The van der Waals surface area contributed by atoms with Gasteiger partial charge >= 0.3 is 5.97 Å². The number of halogens is 1. The van der Waals surface area contributed by atoms with Crippen LogP contribution in [0.25, 0.3) is 0 Å². The van der Waals surface area contributed by atoms with Crippen LogP contribution in [0.3, 0.4) is 0 Å². The smallest absolute Gasteiger partial charge is 0.371 e. The maximum Gasteiger partial charge on any atom is 0.371 e. The first-order valence-electron chi connectivity index (χ1n) is 8.23. The maximum atomic E-state index is 13.3. The molecule has 1 atom stereocenters. The van der Waals surface area contributed by atoms with E-state index in [1.165, 1.54) is 43.3 Å². The Morgan fingerprint density at radius 1 is 1.07 bits per heavy atom. The van der Waals surface area contributed by atoms with Crippen LogP contribution in [0.4, 0.5) is 4.39 Å². The Hall–Kier alpha value is -3.68. The Morgan fingerprint density at radius 2 is 1.71 bits per heavy atom. The van der Waals surface area contributed by atoms with Crippen LogP contribution in [0, 0.1) is 5.82 Å². The molecule has 28 heavy (non-hydrogen) atoms. The Bertz CT molecular complexity index is 924. The summed E-state index contributed by atoms with van der Waals surface area (Å²) in [4.78, 5) is 36.4. The van der Waals surface area contributed by atoms with Gasteiger partial charge in [0.15, 0.2) is 0 Å². The fraction of sp³-hybridized carbons (Fsp3) is 0.150. The summed E-state index contributed by atoms with van der Waals surface area (Å²) in [7, 11) is 2.90. The number of nitrogens with one attached hydrogen (secondary N) is 1. The summed E-state index contributed by atoms with van der Waals surface area (Å²) in [5.74, 6) is -4.30. The maximum absolute atomic E-state index is 13.3. The van der Waals surface area contributed by atoms with Gasteiger partial charge in [0, 0.05) is 19.7 Å². The van der Waals surface area contributed by atoms with Crippen molar-refractivity contribution in [2.45, 2.75) is 6.04 Å². The van der Waals surface area contributed by atoms with Crippen molar-refractivity contribution in [3.8, 4) is 0 Å². The van der Waals surface area contributed by atoms with Gasteiger partial charge in [0.1, 0.15) is 5.82 Å². The van der Waals surface area contributed by atoms with E-state index in [2.05, 4.69) is 5.32 Å². The quantitative estimate of drug-likeness (QED) is 0.522. The lowest BCUT2D eigenvalue weighted by molar-refractivity contribution is -0.136. The van der Waals surface area contributed by atoms with Crippen molar-refractivity contribution >= 4 is 17.8 Å². The van der Waals surface area contributed by atoms with Crippen molar-refractivity contribution in [1.29, 1.82) is 0 Å². The van der Waals surface area contributed by atoms with Crippen LogP contribution in [0.15, 0.2) is 60.4 Å². The number of carboxylic acid groups (broad SMARTS) is 1. The standard InChI is InChI=1S/C20H19FN2O5/c1-22-19(26)14-5-3-4-13(10-14)18(12-6-8-15(21)9-7-12)23(2)17(25)11-16(24)20(27)28/h3-11,18,24H,1-2H3,(H,22,26)(H,27,28). The molecule has 0 heterocycles. The number of hydrogen-bond donors (Lipinski definition) is 3. The molecule has 0 spiro atoms. The highest BCUT2D eigenvalue weighted by molar-refractivity contribution is 5.96. The van der Waals surface area contributed by atoms with Gasteiger partial charge < -0.3 is 20.4 Å². The van der Waals surface area contributed by atoms with Crippen LogP contribution in [0.5, 0.6) is 0 Å². The van der Waals surface area contributed by atoms with E-state index in [1.807, 2.05) is 0 Å². The van der Waals surface area contributed by atoms with Crippen LogP contribution in [0.1, 0.15) is 27.5 Å². The zero-order valence-electron chi connectivity index (χ0n) is 15.2. The highest BCUT2D eigenvalue weighted by Crippen LogP contribution is 2.29. The number of rotatable bonds is 6. The van der Waals surface area contributed by atoms with Gasteiger partial charge in [-0.05, 0) is 35.4 Å². The molecule has 1 unspecified atom stereocenters. The molecular formula is C20H19FN2O5. The molecular weight excluding hydrogens is 367 g/mol. The summed E-state index contributed by atoms with van der Waals surface area (Å²) in [5, 5.41) is 20.6. The zero-order valence-corrected chi connectivity index (χ0v) is 15.2. The minimum Gasteiger partial charge on any atom is -0.502 e. The molecule has 0 aliphatic rings. The molecule has 0 aliphatic heterocycles. The van der Waals surface area contributed by atoms with Crippen molar-refractivity contribution in [2.24, 2.45) is 0 Å². The van der Waals surface area contributed by atoms with E-state index < -0.39 is 29.5 Å². The normalized spacial score (nSPS) is 12.2. The lowest BCUT2D eigenvalue weighted by atomic mass is 9.95. The summed E-state index contributed by atoms with van der Waals surface area (Å²) in [6, 6.07) is 11.2. The van der Waals surface area contributed by atoms with Crippen molar-refractivity contribution in [3.63, 3.8) is 0 Å². The number of amides is 2. The predicted molar refractivity (Wildman–Crippen MR) is 99.2 cm³/mol. The molecule has 0 saturated carbocycles. The van der Waals surface area contributed by atoms with Gasteiger partial charge in [0.2, 0.25) is 5.76 Å². The van der Waals surface area contributed by atoms with Crippen molar-refractivity contribution in [3.05, 3.63) is 82.9 Å². The van der Waals surface area contributed by atoms with E-state index in [0.717, 1.165) is 0 Å². The number of aliphatic hydroxyl groups is 1. The van der Waals surface area contributed by atoms with E-state index in [-0.39, 0.29) is 5.91 Å². The van der Waals surface area contributed by atoms with Crippen LogP contribution in [0.2, 0.25) is 0 Å². The molecule has 8 heteroatoms. The Kier molecular flexibility index (Phi) is 6.49. The van der Waals surface area contributed by atoms with Crippen LogP contribution < -0.4 is 5.32 Å². The zero-order chi connectivity index (χ0) is 20.8. The lowest BCUT2D eigenvalue weighted by Gasteiger charge is -2.28. The highest BCUT2D eigenvalue weighted by Gasteiger charge is 2.24. The van der Waals surface area contributed by atoms with Crippen LogP contribution in [-0.4, -0.2) is 47.0 Å². The molecule has 0 fully saturated rings. The SMILES string of the molecule is CNC(=O)c1cccc(C(c2ccc(F)cc2)N(C)C(=O)C=C(O)C(=O)O)c1. The average Bonchev–Trinajstić information content (AvgIpc) is 2.69. The van der Waals surface area contributed by atoms with E-state index >= 15 is 0 Å². The van der Waals surface area contributed by atoms with Crippen molar-refractivity contribution in [1.82, 2.24) is 10.2 Å². The van der Waals surface area contributed by atoms with Gasteiger partial charge in [0.05, 0.1) is 12.1 Å². The number of benzene rings is 2. The van der Waals surface area contributed by atoms with Crippen LogP contribution in [-0.2, 0) is 9.59 Å². The molecule has 2 amide bonds. The molecule has 146 valence electrons. The topological polar surface area (TPSA) is 107 Å². The molecule has 2 aromatic carbocycles. The summed E-state index contributed by atoms with van der Waals surface area (Å²) in [6.45, 7) is 0. The second-order valence-corrected chi connectivity index (χ2v) is 5.94. The third-order valence-corrected chi connectivity index (χ3v) is 4.09. The third-order valence-electron chi connectivity index (χ3n) is 4.09. The first-order valence-corrected chi connectivity index (χ1v) is 8.23. The van der Waals surface area contributed by atoms with Gasteiger partial charge in [-0.15, -0.1) is 0 Å². The minimum absolute atomic E-state index is 0.322. The van der Waals surface area contributed by atoms with Crippen molar-refractivity contribution in [2.75, 3.05) is 14.1 Å². The summed E-state index contributed by atoms with van der Waals surface area (Å²) >= 11 is 0. The number of carboxylic acids is 1. The molecule has 3 N–H and O–H groups in total. The summed E-state index contributed by atoms with van der Waals surface area (Å²) < 4.78 is 13.3. The molecule has 0 radical (unpaired) electrons. The summed E-state index contributed by atoms with van der Waals surface area (Å²) in [5.41, 5.74) is 1.44. The van der Waals surface area contributed by atoms with E-state index in [1.54, 1.807) is 24.3 Å². The first-order chi connectivity index (χ1) is 13.2. The highest BCUT2D eigenvalue weighted by atomic mass is 19.1. The van der Waals surface area contributed by atoms with Gasteiger partial charge in [-0.2, -0.15) is 0 Å². The number of aliphatic carboxylic acids is 1. The second-order valence-electron chi connectivity index (χ2n) is 5.94. The number of carbonyl (C=O) groups is 3. The van der Waals surface area contributed by atoms with Gasteiger partial charge in [-0.25, -0.2) is 9.18 Å².